The normalized spacial score (nSPS) is 10.2. The lowest BCUT2D eigenvalue weighted by molar-refractivity contribution is 0.0602. The summed E-state index contributed by atoms with van der Waals surface area (Å²) in [6.07, 6.45) is 1.40. The highest BCUT2D eigenvalue weighted by molar-refractivity contribution is 9.10. The molecule has 0 spiro atoms. The van der Waals surface area contributed by atoms with Gasteiger partial charge < -0.3 is 15.8 Å². The van der Waals surface area contributed by atoms with Crippen LogP contribution in [0.5, 0.6) is 0 Å². The quantitative estimate of drug-likeness (QED) is 0.822. The Morgan fingerprint density at radius 1 is 1.45 bits per heavy atom. The highest BCUT2D eigenvalue weighted by atomic mass is 79.9. The van der Waals surface area contributed by atoms with Gasteiger partial charge in [-0.15, -0.1) is 0 Å². The van der Waals surface area contributed by atoms with Gasteiger partial charge >= 0.3 is 5.97 Å². The lowest BCUT2D eigenvalue weighted by Gasteiger charge is -2.10. The molecule has 1 aromatic carbocycles. The predicted octanol–water partition coefficient (Wildman–Crippen LogP) is 3.61. The van der Waals surface area contributed by atoms with E-state index in [9.17, 15) is 4.79 Å². The molecular formula is C13H11BrClN3O2. The van der Waals surface area contributed by atoms with Crippen LogP contribution in [-0.2, 0) is 4.74 Å². The van der Waals surface area contributed by atoms with E-state index in [1.54, 1.807) is 18.2 Å². The maximum Gasteiger partial charge on any atom is 0.340 e. The first kappa shape index (κ1) is 14.6. The number of carbonyl (C=O) groups excluding carboxylic acids is 1. The minimum absolute atomic E-state index is 0.259. The molecule has 0 aliphatic carbocycles. The number of carbonyl (C=O) groups is 1. The summed E-state index contributed by atoms with van der Waals surface area (Å²) in [5.74, 6) is -0.0363. The Labute approximate surface area is 129 Å². The van der Waals surface area contributed by atoms with E-state index in [-0.39, 0.29) is 11.3 Å². The fraction of sp³-hybridized carbons (Fsp3) is 0.0769. The Hall–Kier alpha value is -1.79. The van der Waals surface area contributed by atoms with Crippen molar-refractivity contribution < 1.29 is 9.53 Å². The summed E-state index contributed by atoms with van der Waals surface area (Å²) in [6, 6.07) is 6.82. The van der Waals surface area contributed by atoms with E-state index in [0.717, 1.165) is 10.2 Å². The van der Waals surface area contributed by atoms with Gasteiger partial charge in [-0.3, -0.25) is 0 Å². The number of hydrogen-bond acceptors (Lipinski definition) is 5. The third-order valence-corrected chi connectivity index (χ3v) is 3.43. The number of benzene rings is 1. The van der Waals surface area contributed by atoms with Crippen LogP contribution >= 0.6 is 27.5 Å². The Kier molecular flexibility index (Phi) is 4.46. The number of rotatable bonds is 3. The van der Waals surface area contributed by atoms with Gasteiger partial charge in [0, 0.05) is 9.50 Å². The van der Waals surface area contributed by atoms with Crippen LogP contribution in [0.2, 0.25) is 5.02 Å². The summed E-state index contributed by atoms with van der Waals surface area (Å²) in [6.45, 7) is 0. The van der Waals surface area contributed by atoms with Crippen LogP contribution < -0.4 is 11.1 Å². The molecule has 2 rings (SSSR count). The number of ether oxygens (including phenoxy) is 1. The predicted molar refractivity (Wildman–Crippen MR) is 82.4 cm³/mol. The molecule has 0 radical (unpaired) electrons. The van der Waals surface area contributed by atoms with E-state index in [0.29, 0.717) is 10.8 Å². The standard InChI is InChI=1S/C13H11BrClN3O2/c1-20-13(19)8-5-12(17-6-10(8)16)18-11-3-2-7(15)4-9(11)14/h2-6H,16H2,1H3,(H,17,18). The van der Waals surface area contributed by atoms with Crippen molar-refractivity contribution in [2.75, 3.05) is 18.2 Å². The van der Waals surface area contributed by atoms with Crippen molar-refractivity contribution in [2.24, 2.45) is 0 Å². The number of methoxy groups -OCH3 is 1. The second kappa shape index (κ2) is 6.11. The number of nitrogen functional groups attached to an aromatic ring is 1. The minimum atomic E-state index is -0.511. The van der Waals surface area contributed by atoms with Crippen LogP contribution in [-0.4, -0.2) is 18.1 Å². The molecule has 0 atom stereocenters. The molecule has 0 aliphatic rings. The lowest BCUT2D eigenvalue weighted by atomic mass is 10.2. The molecule has 0 unspecified atom stereocenters. The zero-order valence-corrected chi connectivity index (χ0v) is 12.8. The Balaban J connectivity index is 2.32. The van der Waals surface area contributed by atoms with Gasteiger partial charge in [-0.2, -0.15) is 0 Å². The number of pyridine rings is 1. The first-order valence-electron chi connectivity index (χ1n) is 5.57. The second-order valence-electron chi connectivity index (χ2n) is 3.90. The third-order valence-electron chi connectivity index (χ3n) is 2.53. The topological polar surface area (TPSA) is 77.2 Å². The summed E-state index contributed by atoms with van der Waals surface area (Å²) < 4.78 is 5.44. The molecule has 0 amide bonds. The van der Waals surface area contributed by atoms with E-state index >= 15 is 0 Å². The molecule has 1 heterocycles. The number of nitrogens with two attached hydrogens (primary N) is 1. The number of aromatic nitrogens is 1. The maximum atomic E-state index is 11.6. The second-order valence-corrected chi connectivity index (χ2v) is 5.19. The van der Waals surface area contributed by atoms with E-state index in [2.05, 4.69) is 31.0 Å². The van der Waals surface area contributed by atoms with E-state index < -0.39 is 5.97 Å². The van der Waals surface area contributed by atoms with Crippen LogP contribution in [0.4, 0.5) is 17.2 Å². The SMILES string of the molecule is COC(=O)c1cc(Nc2ccc(Cl)cc2Br)ncc1N. The average molecular weight is 357 g/mol. The first-order chi connectivity index (χ1) is 9.51. The summed E-state index contributed by atoms with van der Waals surface area (Å²) in [5.41, 5.74) is 6.98. The summed E-state index contributed by atoms with van der Waals surface area (Å²) in [4.78, 5) is 15.7. The van der Waals surface area contributed by atoms with Crippen LogP contribution in [0.3, 0.4) is 0 Å². The van der Waals surface area contributed by atoms with Crippen molar-refractivity contribution >= 4 is 50.7 Å². The molecule has 1 aromatic heterocycles. The van der Waals surface area contributed by atoms with Gasteiger partial charge in [0.25, 0.3) is 0 Å². The zero-order valence-electron chi connectivity index (χ0n) is 10.5. The number of halogens is 2. The monoisotopic (exact) mass is 355 g/mol. The van der Waals surface area contributed by atoms with Crippen molar-refractivity contribution in [3.05, 3.63) is 45.5 Å². The lowest BCUT2D eigenvalue weighted by Crippen LogP contribution is -2.07. The average Bonchev–Trinajstić information content (AvgIpc) is 2.43. The van der Waals surface area contributed by atoms with Gasteiger partial charge in [0.15, 0.2) is 0 Å². The van der Waals surface area contributed by atoms with Crippen molar-refractivity contribution in [1.82, 2.24) is 4.98 Å². The smallest absolute Gasteiger partial charge is 0.340 e. The van der Waals surface area contributed by atoms with E-state index in [1.807, 2.05) is 0 Å². The number of esters is 1. The van der Waals surface area contributed by atoms with Crippen molar-refractivity contribution in [3.8, 4) is 0 Å². The molecule has 20 heavy (non-hydrogen) atoms. The van der Waals surface area contributed by atoms with Crippen molar-refractivity contribution in [1.29, 1.82) is 0 Å². The van der Waals surface area contributed by atoms with Gasteiger partial charge in [0.2, 0.25) is 0 Å². The molecular weight excluding hydrogens is 346 g/mol. The zero-order chi connectivity index (χ0) is 14.7. The largest absolute Gasteiger partial charge is 0.465 e. The molecule has 0 saturated carbocycles. The molecule has 0 fully saturated rings. The van der Waals surface area contributed by atoms with Crippen LogP contribution in [0.25, 0.3) is 0 Å². The maximum absolute atomic E-state index is 11.6. The molecule has 104 valence electrons. The molecule has 0 saturated heterocycles. The molecule has 0 bridgehead atoms. The van der Waals surface area contributed by atoms with Gasteiger partial charge in [0.05, 0.1) is 30.2 Å². The molecule has 7 heteroatoms. The van der Waals surface area contributed by atoms with Gasteiger partial charge in [-0.25, -0.2) is 9.78 Å². The number of nitrogens with one attached hydrogen (secondary N) is 1. The molecule has 2 aromatic rings. The van der Waals surface area contributed by atoms with E-state index in [1.165, 1.54) is 19.4 Å². The van der Waals surface area contributed by atoms with Crippen LogP contribution in [0.15, 0.2) is 34.9 Å². The third kappa shape index (κ3) is 3.20. The molecule has 0 aliphatic heterocycles. The van der Waals surface area contributed by atoms with Crippen molar-refractivity contribution in [2.45, 2.75) is 0 Å². The Bertz CT molecular complexity index is 664. The number of nitrogens with zero attached hydrogens (tertiary/aromatic N) is 1. The van der Waals surface area contributed by atoms with Crippen molar-refractivity contribution in [3.63, 3.8) is 0 Å². The minimum Gasteiger partial charge on any atom is -0.465 e. The van der Waals surface area contributed by atoms with Gasteiger partial charge in [-0.1, -0.05) is 11.6 Å². The van der Waals surface area contributed by atoms with E-state index in [4.69, 9.17) is 17.3 Å². The Morgan fingerprint density at radius 2 is 2.20 bits per heavy atom. The van der Waals surface area contributed by atoms with Gasteiger partial charge in [0.1, 0.15) is 5.82 Å². The summed E-state index contributed by atoms with van der Waals surface area (Å²) in [5, 5.41) is 3.68. The Morgan fingerprint density at radius 3 is 2.85 bits per heavy atom. The number of hydrogen-bond donors (Lipinski definition) is 2. The van der Waals surface area contributed by atoms with Crippen LogP contribution in [0.1, 0.15) is 10.4 Å². The highest BCUT2D eigenvalue weighted by Gasteiger charge is 2.12. The highest BCUT2D eigenvalue weighted by Crippen LogP contribution is 2.28. The van der Waals surface area contributed by atoms with Crippen LogP contribution in [0, 0.1) is 0 Å². The fourth-order valence-electron chi connectivity index (χ4n) is 1.55. The summed E-state index contributed by atoms with van der Waals surface area (Å²) >= 11 is 9.26. The molecule has 3 N–H and O–H groups in total. The number of anilines is 3. The first-order valence-corrected chi connectivity index (χ1v) is 6.74. The van der Waals surface area contributed by atoms with Gasteiger partial charge in [-0.05, 0) is 40.2 Å². The molecule has 5 nitrogen and oxygen atoms in total. The summed E-state index contributed by atoms with van der Waals surface area (Å²) in [7, 11) is 1.30. The fourth-order valence-corrected chi connectivity index (χ4v) is 2.33.